The first-order valence-corrected chi connectivity index (χ1v) is 12.7. The van der Waals surface area contributed by atoms with E-state index < -0.39 is 34.3 Å². The van der Waals surface area contributed by atoms with Gasteiger partial charge >= 0.3 is 0 Å². The van der Waals surface area contributed by atoms with Crippen LogP contribution in [0.2, 0.25) is 5.02 Å². The minimum absolute atomic E-state index is 0.0304. The lowest BCUT2D eigenvalue weighted by molar-refractivity contribution is -0.139. The molecule has 0 spiro atoms. The number of sulfonamides is 1. The molecular weight excluding hydrogens is 485 g/mol. The lowest BCUT2D eigenvalue weighted by Crippen LogP contribution is -2.52. The molecule has 11 heteroatoms. The van der Waals surface area contributed by atoms with Crippen LogP contribution in [-0.2, 0) is 26.2 Å². The number of benzene rings is 2. The molecule has 0 saturated heterocycles. The van der Waals surface area contributed by atoms with Gasteiger partial charge in [0.15, 0.2) is 0 Å². The maximum absolute atomic E-state index is 13.6. The van der Waals surface area contributed by atoms with Crippen LogP contribution in [0.3, 0.4) is 0 Å². The molecule has 34 heavy (non-hydrogen) atoms. The normalized spacial score (nSPS) is 12.2. The summed E-state index contributed by atoms with van der Waals surface area (Å²) in [5, 5.41) is 2.49. The number of anilines is 1. The van der Waals surface area contributed by atoms with Gasteiger partial charge in [-0.1, -0.05) is 23.7 Å². The van der Waals surface area contributed by atoms with Gasteiger partial charge in [-0.15, -0.1) is 0 Å². The van der Waals surface area contributed by atoms with E-state index >= 15 is 0 Å². The van der Waals surface area contributed by atoms with E-state index in [1.165, 1.54) is 18.1 Å². The third-order valence-electron chi connectivity index (χ3n) is 4.96. The summed E-state index contributed by atoms with van der Waals surface area (Å²) in [5.41, 5.74) is 0.718. The Hall–Kier alpha value is -2.85. The quantitative estimate of drug-likeness (QED) is 0.526. The number of methoxy groups -OCH3 is 1. The number of nitrogens with one attached hydrogen (secondary N) is 1. The van der Waals surface area contributed by atoms with E-state index in [2.05, 4.69) is 5.32 Å². The molecule has 1 atom stereocenters. The first kappa shape index (κ1) is 27.4. The number of rotatable bonds is 10. The fraction of sp³-hybridized carbons (Fsp3) is 0.391. The monoisotopic (exact) mass is 513 g/mol. The van der Waals surface area contributed by atoms with Crippen LogP contribution in [0.15, 0.2) is 42.5 Å². The summed E-state index contributed by atoms with van der Waals surface area (Å²) in [6.45, 7) is 4.58. The van der Waals surface area contributed by atoms with Gasteiger partial charge in [-0.3, -0.25) is 13.9 Å². The van der Waals surface area contributed by atoms with E-state index in [4.69, 9.17) is 16.3 Å². The number of carbonyl (C=O) groups is 2. The Balaban J connectivity index is 2.42. The lowest BCUT2D eigenvalue weighted by atomic mass is 10.1. The molecule has 0 heterocycles. The zero-order valence-corrected chi connectivity index (χ0v) is 21.3. The van der Waals surface area contributed by atoms with Gasteiger partial charge < -0.3 is 15.0 Å². The van der Waals surface area contributed by atoms with Crippen LogP contribution in [0, 0.1) is 5.82 Å². The Bertz CT molecular complexity index is 1140. The van der Waals surface area contributed by atoms with E-state index in [-0.39, 0.29) is 29.2 Å². The zero-order valence-electron chi connectivity index (χ0n) is 19.7. The Kier molecular flexibility index (Phi) is 9.29. The highest BCUT2D eigenvalue weighted by Crippen LogP contribution is 2.25. The number of halogens is 2. The van der Waals surface area contributed by atoms with E-state index in [1.54, 1.807) is 45.0 Å². The molecule has 0 fully saturated rings. The molecule has 0 aliphatic rings. The third-order valence-corrected chi connectivity index (χ3v) is 6.39. The maximum Gasteiger partial charge on any atom is 0.244 e. The van der Waals surface area contributed by atoms with Crippen molar-refractivity contribution in [2.45, 2.75) is 39.4 Å². The highest BCUT2D eigenvalue weighted by molar-refractivity contribution is 7.92. The van der Waals surface area contributed by atoms with Crippen LogP contribution >= 0.6 is 11.6 Å². The molecule has 0 bridgehead atoms. The number of amides is 2. The van der Waals surface area contributed by atoms with Gasteiger partial charge in [0.2, 0.25) is 21.8 Å². The van der Waals surface area contributed by atoms with Crippen LogP contribution in [0.5, 0.6) is 5.75 Å². The number of hydrogen-bond donors (Lipinski definition) is 1. The van der Waals surface area contributed by atoms with Crippen LogP contribution in [0.25, 0.3) is 0 Å². The molecular formula is C23H29ClFN3O5S. The summed E-state index contributed by atoms with van der Waals surface area (Å²) in [7, 11) is -2.43. The summed E-state index contributed by atoms with van der Waals surface area (Å²) in [6, 6.07) is 9.30. The fourth-order valence-corrected chi connectivity index (χ4v) is 4.23. The molecule has 0 radical (unpaired) electrons. The number of nitrogens with zero attached hydrogens (tertiary/aromatic N) is 2. The molecule has 8 nitrogen and oxygen atoms in total. The minimum atomic E-state index is -3.94. The Labute approximate surface area is 204 Å². The topological polar surface area (TPSA) is 96.0 Å². The molecule has 0 aromatic heterocycles. The SMILES string of the molecule is COc1cccc(CN(C(=O)CN(c2ccc(F)c(Cl)c2)S(C)(=O)=O)C(C)C(=O)NC(C)C)c1. The van der Waals surface area contributed by atoms with E-state index in [0.717, 1.165) is 22.7 Å². The van der Waals surface area contributed by atoms with Gasteiger partial charge in [0.25, 0.3) is 0 Å². The molecule has 1 N–H and O–H groups in total. The van der Waals surface area contributed by atoms with Gasteiger partial charge in [-0.2, -0.15) is 0 Å². The number of ether oxygens (including phenoxy) is 1. The molecule has 0 aliphatic carbocycles. The van der Waals surface area contributed by atoms with Crippen molar-refractivity contribution in [1.82, 2.24) is 10.2 Å². The van der Waals surface area contributed by atoms with Crippen molar-refractivity contribution >= 4 is 39.1 Å². The summed E-state index contributed by atoms with van der Waals surface area (Å²) < 4.78 is 44.7. The van der Waals surface area contributed by atoms with Crippen molar-refractivity contribution in [2.24, 2.45) is 0 Å². The number of hydrogen-bond acceptors (Lipinski definition) is 5. The van der Waals surface area contributed by atoms with Crippen LogP contribution in [0.4, 0.5) is 10.1 Å². The van der Waals surface area contributed by atoms with Crippen LogP contribution in [-0.4, -0.2) is 57.1 Å². The molecule has 0 aliphatic heterocycles. The highest BCUT2D eigenvalue weighted by Gasteiger charge is 2.30. The molecule has 1 unspecified atom stereocenters. The van der Waals surface area contributed by atoms with Crippen molar-refractivity contribution in [2.75, 3.05) is 24.2 Å². The van der Waals surface area contributed by atoms with E-state index in [9.17, 15) is 22.4 Å². The molecule has 186 valence electrons. The highest BCUT2D eigenvalue weighted by atomic mass is 35.5. The standard InChI is InChI=1S/C23H29ClFN3O5S/c1-15(2)26-23(30)16(3)27(13-17-7-6-8-19(11-17)33-4)22(29)14-28(34(5,31)32)18-9-10-21(25)20(24)12-18/h6-12,15-16H,13-14H2,1-5H3,(H,26,30). The van der Waals surface area contributed by atoms with Crippen molar-refractivity contribution in [3.63, 3.8) is 0 Å². The fourth-order valence-electron chi connectivity index (χ4n) is 3.21. The van der Waals surface area contributed by atoms with Crippen LogP contribution in [0.1, 0.15) is 26.3 Å². The van der Waals surface area contributed by atoms with Crippen molar-refractivity contribution in [1.29, 1.82) is 0 Å². The molecule has 2 aromatic rings. The van der Waals surface area contributed by atoms with Crippen molar-refractivity contribution < 1.29 is 27.1 Å². The zero-order chi connectivity index (χ0) is 25.6. The third kappa shape index (κ3) is 7.33. The maximum atomic E-state index is 13.6. The molecule has 2 amide bonds. The summed E-state index contributed by atoms with van der Waals surface area (Å²) in [5.74, 6) is -1.16. The predicted molar refractivity (Wildman–Crippen MR) is 130 cm³/mol. The molecule has 2 rings (SSSR count). The van der Waals surface area contributed by atoms with Crippen molar-refractivity contribution in [3.05, 3.63) is 58.9 Å². The average molecular weight is 514 g/mol. The van der Waals surface area contributed by atoms with Gasteiger partial charge in [0, 0.05) is 12.6 Å². The lowest BCUT2D eigenvalue weighted by Gasteiger charge is -2.32. The molecule has 2 aromatic carbocycles. The molecule has 0 saturated carbocycles. The predicted octanol–water partition coefficient (Wildman–Crippen LogP) is 3.20. The average Bonchev–Trinajstić information content (AvgIpc) is 2.76. The van der Waals surface area contributed by atoms with Gasteiger partial charge in [-0.25, -0.2) is 12.8 Å². The Morgan fingerprint density at radius 1 is 1.15 bits per heavy atom. The first-order chi connectivity index (χ1) is 15.8. The second kappa shape index (κ2) is 11.5. The second-order valence-electron chi connectivity index (χ2n) is 8.08. The van der Waals surface area contributed by atoms with E-state index in [1.807, 2.05) is 0 Å². The second-order valence-corrected chi connectivity index (χ2v) is 10.4. The first-order valence-electron chi connectivity index (χ1n) is 10.5. The van der Waals surface area contributed by atoms with E-state index in [0.29, 0.717) is 11.3 Å². The Morgan fingerprint density at radius 3 is 2.38 bits per heavy atom. The van der Waals surface area contributed by atoms with Gasteiger partial charge in [0.1, 0.15) is 24.2 Å². The largest absolute Gasteiger partial charge is 0.497 e. The van der Waals surface area contributed by atoms with Gasteiger partial charge in [-0.05, 0) is 56.7 Å². The summed E-state index contributed by atoms with van der Waals surface area (Å²) in [4.78, 5) is 27.4. The van der Waals surface area contributed by atoms with Crippen molar-refractivity contribution in [3.8, 4) is 5.75 Å². The summed E-state index contributed by atoms with van der Waals surface area (Å²) >= 11 is 5.83. The Morgan fingerprint density at radius 2 is 1.82 bits per heavy atom. The smallest absolute Gasteiger partial charge is 0.244 e. The van der Waals surface area contributed by atoms with Crippen LogP contribution < -0.4 is 14.4 Å². The summed E-state index contributed by atoms with van der Waals surface area (Å²) in [6.07, 6.45) is 0.929. The number of carbonyl (C=O) groups excluding carboxylic acids is 2. The van der Waals surface area contributed by atoms with Gasteiger partial charge in [0.05, 0.1) is 24.1 Å². The minimum Gasteiger partial charge on any atom is -0.497 e.